The van der Waals surface area contributed by atoms with Crippen molar-refractivity contribution in [1.82, 2.24) is 4.31 Å². The number of nitrogens with one attached hydrogen (secondary N) is 1. The van der Waals surface area contributed by atoms with E-state index < -0.39 is 10.0 Å². The lowest BCUT2D eigenvalue weighted by atomic mass is 9.99. The SMILES string of the molecule is CC1CCN(c2ccc(NC(=O)CN(C)S(=O)(=O)/C=C/c3ccccc3)cc2)CC1. The smallest absolute Gasteiger partial charge is 0.239 e. The van der Waals surface area contributed by atoms with Gasteiger partial charge in [0.1, 0.15) is 0 Å². The molecule has 1 fully saturated rings. The molecular formula is C23H29N3O3S. The second-order valence-electron chi connectivity index (χ2n) is 7.78. The van der Waals surface area contributed by atoms with Crippen molar-refractivity contribution in [3.63, 3.8) is 0 Å². The van der Waals surface area contributed by atoms with Gasteiger partial charge in [-0.2, -0.15) is 4.31 Å². The molecule has 7 heteroatoms. The zero-order valence-electron chi connectivity index (χ0n) is 17.5. The number of piperidine rings is 1. The summed E-state index contributed by atoms with van der Waals surface area (Å²) in [6.07, 6.45) is 3.90. The van der Waals surface area contributed by atoms with Crippen LogP contribution < -0.4 is 10.2 Å². The van der Waals surface area contributed by atoms with Crippen LogP contribution in [0.4, 0.5) is 11.4 Å². The number of benzene rings is 2. The van der Waals surface area contributed by atoms with Gasteiger partial charge in [-0.25, -0.2) is 8.42 Å². The molecular weight excluding hydrogens is 398 g/mol. The van der Waals surface area contributed by atoms with Crippen LogP contribution in [0.1, 0.15) is 25.3 Å². The van der Waals surface area contributed by atoms with Crippen LogP contribution >= 0.6 is 0 Å². The summed E-state index contributed by atoms with van der Waals surface area (Å²) in [4.78, 5) is 14.7. The van der Waals surface area contributed by atoms with E-state index >= 15 is 0 Å². The number of anilines is 2. The molecule has 1 amide bonds. The van der Waals surface area contributed by atoms with E-state index in [2.05, 4.69) is 17.1 Å². The van der Waals surface area contributed by atoms with Crippen molar-refractivity contribution in [3.8, 4) is 0 Å². The fraction of sp³-hybridized carbons (Fsp3) is 0.348. The Bertz CT molecular complexity index is 965. The maximum absolute atomic E-state index is 12.4. The molecule has 0 bridgehead atoms. The Kier molecular flexibility index (Phi) is 7.29. The summed E-state index contributed by atoms with van der Waals surface area (Å²) < 4.78 is 25.8. The first kappa shape index (κ1) is 22.1. The first-order chi connectivity index (χ1) is 14.3. The molecule has 0 unspecified atom stereocenters. The predicted molar refractivity (Wildman–Crippen MR) is 123 cm³/mol. The van der Waals surface area contributed by atoms with Gasteiger partial charge in [0.2, 0.25) is 15.9 Å². The van der Waals surface area contributed by atoms with Gasteiger partial charge in [0, 0.05) is 36.9 Å². The van der Waals surface area contributed by atoms with Crippen LogP contribution in [0.15, 0.2) is 60.0 Å². The number of carbonyl (C=O) groups excluding carboxylic acids is 1. The number of nitrogens with zero attached hydrogens (tertiary/aromatic N) is 2. The average molecular weight is 428 g/mol. The molecule has 1 aliphatic heterocycles. The lowest BCUT2D eigenvalue weighted by molar-refractivity contribution is -0.116. The molecule has 1 saturated heterocycles. The molecule has 3 rings (SSSR count). The highest BCUT2D eigenvalue weighted by atomic mass is 32.2. The second-order valence-corrected chi connectivity index (χ2v) is 9.70. The molecule has 0 aliphatic carbocycles. The van der Waals surface area contributed by atoms with E-state index in [1.54, 1.807) is 0 Å². The molecule has 0 saturated carbocycles. The van der Waals surface area contributed by atoms with E-state index in [-0.39, 0.29) is 12.5 Å². The van der Waals surface area contributed by atoms with Gasteiger partial charge in [0.15, 0.2) is 0 Å². The first-order valence-corrected chi connectivity index (χ1v) is 11.7. The van der Waals surface area contributed by atoms with Crippen LogP contribution in [0.2, 0.25) is 0 Å². The second kappa shape index (κ2) is 9.91. The Hall–Kier alpha value is -2.64. The molecule has 0 radical (unpaired) electrons. The van der Waals surface area contributed by atoms with Gasteiger partial charge in [0.25, 0.3) is 0 Å². The zero-order valence-corrected chi connectivity index (χ0v) is 18.3. The maximum atomic E-state index is 12.4. The minimum Gasteiger partial charge on any atom is -0.372 e. The molecule has 1 N–H and O–H groups in total. The van der Waals surface area contributed by atoms with Crippen molar-refractivity contribution >= 4 is 33.4 Å². The molecule has 0 atom stereocenters. The molecule has 1 heterocycles. The third-order valence-electron chi connectivity index (χ3n) is 5.33. The minimum atomic E-state index is -3.69. The number of hydrogen-bond donors (Lipinski definition) is 1. The zero-order chi connectivity index (χ0) is 21.6. The Morgan fingerprint density at radius 1 is 1.10 bits per heavy atom. The van der Waals surface area contributed by atoms with E-state index in [1.165, 1.54) is 26.0 Å². The fourth-order valence-corrected chi connectivity index (χ4v) is 4.18. The molecule has 160 valence electrons. The lowest BCUT2D eigenvalue weighted by Gasteiger charge is -2.32. The van der Waals surface area contributed by atoms with E-state index in [0.717, 1.165) is 40.0 Å². The van der Waals surface area contributed by atoms with E-state index in [0.29, 0.717) is 5.69 Å². The molecule has 2 aromatic rings. The number of likely N-dealkylation sites (N-methyl/N-ethyl adjacent to an activating group) is 1. The minimum absolute atomic E-state index is 0.257. The summed E-state index contributed by atoms with van der Waals surface area (Å²) in [6.45, 7) is 4.12. The van der Waals surface area contributed by atoms with E-state index in [9.17, 15) is 13.2 Å². The molecule has 6 nitrogen and oxygen atoms in total. The maximum Gasteiger partial charge on any atom is 0.239 e. The topological polar surface area (TPSA) is 69.7 Å². The summed E-state index contributed by atoms with van der Waals surface area (Å²) in [5, 5.41) is 3.88. The number of sulfonamides is 1. The van der Waals surface area contributed by atoms with Crippen molar-refractivity contribution in [2.24, 2.45) is 5.92 Å². The van der Waals surface area contributed by atoms with Crippen molar-refractivity contribution in [2.45, 2.75) is 19.8 Å². The van der Waals surface area contributed by atoms with Gasteiger partial charge in [0.05, 0.1) is 6.54 Å². The molecule has 0 aromatic heterocycles. The largest absolute Gasteiger partial charge is 0.372 e. The Balaban J connectivity index is 1.53. The van der Waals surface area contributed by atoms with Crippen LogP contribution in [-0.4, -0.2) is 45.3 Å². The fourth-order valence-electron chi connectivity index (χ4n) is 3.35. The monoisotopic (exact) mass is 427 g/mol. The Morgan fingerprint density at radius 3 is 2.37 bits per heavy atom. The van der Waals surface area contributed by atoms with Crippen LogP contribution in [0.3, 0.4) is 0 Å². The summed E-state index contributed by atoms with van der Waals surface area (Å²) >= 11 is 0. The van der Waals surface area contributed by atoms with Crippen LogP contribution in [-0.2, 0) is 14.8 Å². The molecule has 0 spiro atoms. The van der Waals surface area contributed by atoms with Crippen LogP contribution in [0.25, 0.3) is 6.08 Å². The average Bonchev–Trinajstić information content (AvgIpc) is 2.74. The highest BCUT2D eigenvalue weighted by Gasteiger charge is 2.18. The van der Waals surface area contributed by atoms with Crippen molar-refractivity contribution in [3.05, 3.63) is 65.6 Å². The quantitative estimate of drug-likeness (QED) is 0.730. The third-order valence-corrected chi connectivity index (χ3v) is 6.81. The van der Waals surface area contributed by atoms with Crippen molar-refractivity contribution in [2.75, 3.05) is 36.9 Å². The first-order valence-electron chi connectivity index (χ1n) is 10.2. The van der Waals surface area contributed by atoms with Crippen molar-refractivity contribution in [1.29, 1.82) is 0 Å². The standard InChI is InChI=1S/C23H29N3O3S/c1-19-12-15-26(16-13-19)22-10-8-21(9-11-22)24-23(27)18-25(2)30(28,29)17-14-20-6-4-3-5-7-20/h3-11,14,17,19H,12-13,15-16,18H2,1-2H3,(H,24,27)/b17-14+. The number of rotatable bonds is 7. The Morgan fingerprint density at radius 2 is 1.73 bits per heavy atom. The number of hydrogen-bond acceptors (Lipinski definition) is 4. The van der Waals surface area contributed by atoms with Crippen molar-refractivity contribution < 1.29 is 13.2 Å². The van der Waals surface area contributed by atoms with Gasteiger partial charge in [-0.05, 0) is 54.7 Å². The summed E-state index contributed by atoms with van der Waals surface area (Å²) in [7, 11) is -2.29. The highest BCUT2D eigenvalue weighted by molar-refractivity contribution is 7.92. The number of carbonyl (C=O) groups is 1. The Labute approximate surface area is 179 Å². The van der Waals surface area contributed by atoms with Gasteiger partial charge in [-0.3, -0.25) is 4.79 Å². The highest BCUT2D eigenvalue weighted by Crippen LogP contribution is 2.24. The third kappa shape index (κ3) is 6.18. The van der Waals surface area contributed by atoms with E-state index in [1.807, 2.05) is 54.6 Å². The van der Waals surface area contributed by atoms with Gasteiger partial charge >= 0.3 is 0 Å². The van der Waals surface area contributed by atoms with Gasteiger partial charge in [-0.15, -0.1) is 0 Å². The summed E-state index contributed by atoms with van der Waals surface area (Å²) in [6, 6.07) is 16.9. The molecule has 30 heavy (non-hydrogen) atoms. The summed E-state index contributed by atoms with van der Waals surface area (Å²) in [5.74, 6) is 0.393. The summed E-state index contributed by atoms with van der Waals surface area (Å²) in [5.41, 5.74) is 2.58. The van der Waals surface area contributed by atoms with Gasteiger partial charge < -0.3 is 10.2 Å². The van der Waals surface area contributed by atoms with Crippen LogP contribution in [0.5, 0.6) is 0 Å². The number of amides is 1. The predicted octanol–water partition coefficient (Wildman–Crippen LogP) is 3.79. The lowest BCUT2D eigenvalue weighted by Crippen LogP contribution is -2.34. The molecule has 1 aliphatic rings. The van der Waals surface area contributed by atoms with Crippen LogP contribution in [0, 0.1) is 5.92 Å². The van der Waals surface area contributed by atoms with E-state index in [4.69, 9.17) is 0 Å². The normalized spacial score (nSPS) is 15.6. The molecule has 2 aromatic carbocycles. The van der Waals surface area contributed by atoms with Gasteiger partial charge in [-0.1, -0.05) is 37.3 Å².